The van der Waals surface area contributed by atoms with Gasteiger partial charge in [-0.15, -0.1) is 0 Å². The SMILES string of the molecule is CCCc1c(O)ccc(C(=NO)C(F)(F)F)c1O. The van der Waals surface area contributed by atoms with Crippen molar-refractivity contribution in [3.63, 3.8) is 0 Å². The number of alkyl halides is 3. The van der Waals surface area contributed by atoms with E-state index >= 15 is 0 Å². The highest BCUT2D eigenvalue weighted by Gasteiger charge is 2.39. The van der Waals surface area contributed by atoms with Crippen LogP contribution in [0.25, 0.3) is 0 Å². The molecule has 18 heavy (non-hydrogen) atoms. The molecule has 0 heterocycles. The Morgan fingerprint density at radius 2 is 1.89 bits per heavy atom. The zero-order chi connectivity index (χ0) is 13.9. The monoisotopic (exact) mass is 263 g/mol. The lowest BCUT2D eigenvalue weighted by Gasteiger charge is -2.13. The summed E-state index contributed by atoms with van der Waals surface area (Å²) in [5.41, 5.74) is -2.26. The first-order valence-corrected chi connectivity index (χ1v) is 5.16. The van der Waals surface area contributed by atoms with Crippen LogP contribution in [0.3, 0.4) is 0 Å². The van der Waals surface area contributed by atoms with Gasteiger partial charge in [-0.25, -0.2) is 0 Å². The highest BCUT2D eigenvalue weighted by atomic mass is 19.4. The summed E-state index contributed by atoms with van der Waals surface area (Å²) in [4.78, 5) is 0. The van der Waals surface area contributed by atoms with Crippen LogP contribution in [0, 0.1) is 0 Å². The molecule has 0 aliphatic carbocycles. The molecule has 0 saturated heterocycles. The van der Waals surface area contributed by atoms with Crippen LogP contribution < -0.4 is 0 Å². The van der Waals surface area contributed by atoms with E-state index in [9.17, 15) is 23.4 Å². The van der Waals surface area contributed by atoms with Crippen LogP contribution in [0.15, 0.2) is 17.3 Å². The van der Waals surface area contributed by atoms with Crippen molar-refractivity contribution < 1.29 is 28.6 Å². The van der Waals surface area contributed by atoms with Crippen LogP contribution >= 0.6 is 0 Å². The molecule has 0 radical (unpaired) electrons. The van der Waals surface area contributed by atoms with Crippen molar-refractivity contribution in [2.45, 2.75) is 25.9 Å². The van der Waals surface area contributed by atoms with Gasteiger partial charge in [0.1, 0.15) is 11.5 Å². The van der Waals surface area contributed by atoms with Crippen molar-refractivity contribution >= 4 is 5.71 Å². The second-order valence-corrected chi connectivity index (χ2v) is 3.66. The second kappa shape index (κ2) is 5.16. The molecule has 0 unspecified atom stereocenters. The largest absolute Gasteiger partial charge is 0.508 e. The van der Waals surface area contributed by atoms with Gasteiger partial charge in [-0.2, -0.15) is 13.2 Å². The summed E-state index contributed by atoms with van der Waals surface area (Å²) in [5, 5.41) is 29.8. The Bertz CT molecular complexity index is 469. The fourth-order valence-electron chi connectivity index (χ4n) is 1.58. The molecular formula is C11H12F3NO3. The first-order chi connectivity index (χ1) is 8.32. The zero-order valence-corrected chi connectivity index (χ0v) is 9.49. The molecule has 0 atom stereocenters. The maximum Gasteiger partial charge on any atom is 0.437 e. The minimum absolute atomic E-state index is 0.000370. The number of benzene rings is 1. The van der Waals surface area contributed by atoms with Gasteiger partial charge in [0.2, 0.25) is 0 Å². The van der Waals surface area contributed by atoms with Crippen molar-refractivity contribution in [2.24, 2.45) is 5.16 Å². The van der Waals surface area contributed by atoms with Gasteiger partial charge in [-0.05, 0) is 18.6 Å². The third-order valence-corrected chi connectivity index (χ3v) is 2.38. The average Bonchev–Trinajstić information content (AvgIpc) is 2.26. The van der Waals surface area contributed by atoms with Crippen LogP contribution in [0.1, 0.15) is 24.5 Å². The Kier molecular flexibility index (Phi) is 4.05. The lowest BCUT2D eigenvalue weighted by Crippen LogP contribution is -2.24. The number of aromatic hydroxyl groups is 2. The number of phenols is 2. The highest BCUT2D eigenvalue weighted by molar-refractivity contribution is 6.06. The maximum absolute atomic E-state index is 12.5. The summed E-state index contributed by atoms with van der Waals surface area (Å²) in [6, 6.07) is 1.88. The Hall–Kier alpha value is -1.92. The van der Waals surface area contributed by atoms with E-state index in [4.69, 9.17) is 5.21 Å². The van der Waals surface area contributed by atoms with Gasteiger partial charge in [0, 0.05) is 5.56 Å². The molecular weight excluding hydrogens is 251 g/mol. The predicted octanol–water partition coefficient (Wildman–Crippen LogP) is 2.79. The smallest absolute Gasteiger partial charge is 0.437 e. The Balaban J connectivity index is 3.39. The van der Waals surface area contributed by atoms with Crippen LogP contribution in [-0.2, 0) is 6.42 Å². The van der Waals surface area contributed by atoms with Crippen LogP contribution in [0.2, 0.25) is 0 Å². The van der Waals surface area contributed by atoms with E-state index in [1.54, 1.807) is 6.92 Å². The molecule has 0 bridgehead atoms. The van der Waals surface area contributed by atoms with Crippen molar-refractivity contribution in [1.82, 2.24) is 0 Å². The summed E-state index contributed by atoms with van der Waals surface area (Å²) in [7, 11) is 0. The number of halogens is 3. The first kappa shape index (κ1) is 14.1. The van der Waals surface area contributed by atoms with Gasteiger partial charge in [-0.1, -0.05) is 18.5 Å². The number of rotatable bonds is 3. The second-order valence-electron chi connectivity index (χ2n) is 3.66. The molecule has 0 aromatic heterocycles. The summed E-state index contributed by atoms with van der Waals surface area (Å²) in [6.07, 6.45) is -4.16. The fraction of sp³-hybridized carbons (Fsp3) is 0.364. The van der Waals surface area contributed by atoms with Crippen LogP contribution in [-0.4, -0.2) is 27.3 Å². The molecule has 0 saturated carbocycles. The summed E-state index contributed by atoms with van der Waals surface area (Å²) in [6.45, 7) is 1.75. The van der Waals surface area contributed by atoms with Gasteiger partial charge in [-0.3, -0.25) is 0 Å². The summed E-state index contributed by atoms with van der Waals surface area (Å²) < 4.78 is 37.6. The highest BCUT2D eigenvalue weighted by Crippen LogP contribution is 2.35. The molecule has 0 amide bonds. The molecule has 3 N–H and O–H groups in total. The van der Waals surface area contributed by atoms with Crippen molar-refractivity contribution in [3.05, 3.63) is 23.3 Å². The Morgan fingerprint density at radius 3 is 2.33 bits per heavy atom. The summed E-state index contributed by atoms with van der Waals surface area (Å²) in [5.74, 6) is -1.01. The summed E-state index contributed by atoms with van der Waals surface area (Å²) >= 11 is 0. The van der Waals surface area contributed by atoms with E-state index in [-0.39, 0.29) is 17.7 Å². The number of oxime groups is 1. The molecule has 0 aliphatic rings. The molecule has 4 nitrogen and oxygen atoms in total. The molecule has 1 aromatic carbocycles. The van der Waals surface area contributed by atoms with E-state index in [0.29, 0.717) is 6.42 Å². The van der Waals surface area contributed by atoms with Gasteiger partial charge in [0.15, 0.2) is 5.71 Å². The number of phenolic OH excluding ortho intramolecular Hbond substituents is 2. The predicted molar refractivity (Wildman–Crippen MR) is 58.1 cm³/mol. The van der Waals surface area contributed by atoms with Crippen molar-refractivity contribution in [1.29, 1.82) is 0 Å². The Labute approximate surface area is 101 Å². The molecule has 1 rings (SSSR count). The molecule has 7 heteroatoms. The number of hydrogen-bond donors (Lipinski definition) is 3. The van der Waals surface area contributed by atoms with Crippen molar-refractivity contribution in [3.8, 4) is 11.5 Å². The molecule has 0 fully saturated rings. The number of nitrogens with zero attached hydrogens (tertiary/aromatic N) is 1. The first-order valence-electron chi connectivity index (χ1n) is 5.16. The molecule has 0 spiro atoms. The molecule has 100 valence electrons. The lowest BCUT2D eigenvalue weighted by molar-refractivity contribution is -0.0602. The van der Waals surface area contributed by atoms with Crippen LogP contribution in [0.5, 0.6) is 11.5 Å². The van der Waals surface area contributed by atoms with Gasteiger partial charge >= 0.3 is 6.18 Å². The normalized spacial score (nSPS) is 12.8. The zero-order valence-electron chi connectivity index (χ0n) is 9.49. The quantitative estimate of drug-likeness (QED) is 0.446. The van der Waals surface area contributed by atoms with E-state index in [1.807, 2.05) is 0 Å². The van der Waals surface area contributed by atoms with E-state index < -0.39 is 23.2 Å². The molecule has 1 aromatic rings. The van der Waals surface area contributed by atoms with Crippen molar-refractivity contribution in [2.75, 3.05) is 0 Å². The molecule has 0 aliphatic heterocycles. The van der Waals surface area contributed by atoms with Crippen LogP contribution in [0.4, 0.5) is 13.2 Å². The van der Waals surface area contributed by atoms with E-state index in [0.717, 1.165) is 12.1 Å². The number of hydrogen-bond acceptors (Lipinski definition) is 4. The van der Waals surface area contributed by atoms with E-state index in [2.05, 4.69) is 5.16 Å². The van der Waals surface area contributed by atoms with Gasteiger partial charge < -0.3 is 15.4 Å². The van der Waals surface area contributed by atoms with E-state index in [1.165, 1.54) is 0 Å². The minimum Gasteiger partial charge on any atom is -0.508 e. The third kappa shape index (κ3) is 2.66. The lowest BCUT2D eigenvalue weighted by atomic mass is 10.0. The topological polar surface area (TPSA) is 73.1 Å². The van der Waals surface area contributed by atoms with Gasteiger partial charge in [0.25, 0.3) is 0 Å². The maximum atomic E-state index is 12.5. The fourth-order valence-corrected chi connectivity index (χ4v) is 1.58. The Morgan fingerprint density at radius 1 is 1.28 bits per heavy atom. The standard InChI is InChI=1S/C11H12F3NO3/c1-2-3-6-8(16)5-4-7(9(6)17)10(15-18)11(12,13)14/h4-5,16-18H,2-3H2,1H3. The third-order valence-electron chi connectivity index (χ3n) is 2.38. The van der Waals surface area contributed by atoms with Gasteiger partial charge in [0.05, 0.1) is 5.56 Å². The average molecular weight is 263 g/mol. The minimum atomic E-state index is -4.90.